The molecule has 0 aromatic heterocycles. The van der Waals surface area contributed by atoms with Gasteiger partial charge in [0.15, 0.2) is 0 Å². The van der Waals surface area contributed by atoms with Gasteiger partial charge in [0.05, 0.1) is 61.8 Å². The Kier molecular flexibility index (Phi) is 10.7. The molecule has 2 atom stereocenters. The van der Waals surface area contributed by atoms with Gasteiger partial charge in [-0.3, -0.25) is 19.6 Å². The first kappa shape index (κ1) is 40.7. The molecule has 12 heteroatoms. The van der Waals surface area contributed by atoms with Gasteiger partial charge in [0.2, 0.25) is 0 Å². The molecule has 308 valence electrons. The van der Waals surface area contributed by atoms with Crippen LogP contribution in [0.25, 0.3) is 0 Å². The summed E-state index contributed by atoms with van der Waals surface area (Å²) in [6.45, 7) is 5.83. The van der Waals surface area contributed by atoms with E-state index in [2.05, 4.69) is 62.4 Å². The highest BCUT2D eigenvalue weighted by atomic mass is 35.5. The summed E-state index contributed by atoms with van der Waals surface area (Å²) in [5.74, 6) is 0. The summed E-state index contributed by atoms with van der Waals surface area (Å²) >= 11 is 12.2. The Morgan fingerprint density at radius 2 is 0.855 bits per heavy atom. The van der Waals surface area contributed by atoms with Gasteiger partial charge in [0, 0.05) is 32.8 Å². The van der Waals surface area contributed by atoms with Crippen molar-refractivity contribution in [3.8, 4) is 12.1 Å². The third-order valence-corrected chi connectivity index (χ3v) is 12.6. The summed E-state index contributed by atoms with van der Waals surface area (Å²) in [7, 11) is 0. The monoisotopic (exact) mass is 858 g/mol. The molecule has 0 N–H and O–H groups in total. The van der Waals surface area contributed by atoms with Crippen LogP contribution in [0, 0.1) is 36.5 Å². The fourth-order valence-corrected chi connectivity index (χ4v) is 9.42. The molecule has 6 aromatic rings. The minimum Gasteiger partial charge on any atom is -0.376 e. The summed E-state index contributed by atoms with van der Waals surface area (Å²) in [6, 6.07) is 49.0. The zero-order valence-corrected chi connectivity index (χ0v) is 35.4. The lowest BCUT2D eigenvalue weighted by molar-refractivity contribution is -0.0580. The van der Waals surface area contributed by atoms with Gasteiger partial charge in [0.25, 0.3) is 0 Å². The van der Waals surface area contributed by atoms with Crippen LogP contribution in [-0.2, 0) is 9.47 Å². The molecule has 0 saturated carbocycles. The van der Waals surface area contributed by atoms with Gasteiger partial charge in [-0.15, -0.1) is 0 Å². The summed E-state index contributed by atoms with van der Waals surface area (Å²) in [4.78, 5) is 35.2. The van der Waals surface area contributed by atoms with Crippen LogP contribution in [0.1, 0.15) is 45.5 Å². The van der Waals surface area contributed by atoms with Crippen LogP contribution in [0.4, 0.5) is 32.3 Å². The van der Waals surface area contributed by atoms with Crippen LogP contribution >= 0.6 is 23.2 Å². The van der Waals surface area contributed by atoms with Crippen molar-refractivity contribution in [2.45, 2.75) is 37.0 Å². The van der Waals surface area contributed by atoms with Crippen LogP contribution in [0.3, 0.4) is 0 Å². The maximum Gasteiger partial charge on any atom is 0.330 e. The third kappa shape index (κ3) is 6.92. The Morgan fingerprint density at radius 1 is 0.516 bits per heavy atom. The SMILES string of the molecule is Cc1cccc([C@@H]2N(c3ccc(Cl)cc3)C(=O)N(c3ccc(C#N)cc3)C23COC3)c1.Cc1cccc([C@H]2N(c3ccc(Cl)cc3)C(=O)N(c3ccc(C#N)cc3)C23COC3)c1. The number of anilines is 4. The quantitative estimate of drug-likeness (QED) is 0.165. The highest BCUT2D eigenvalue weighted by Crippen LogP contribution is 2.53. The van der Waals surface area contributed by atoms with Crippen LogP contribution in [0.5, 0.6) is 0 Å². The van der Waals surface area contributed by atoms with Crippen LogP contribution in [0.2, 0.25) is 10.0 Å². The number of carbonyl (C=O) groups is 2. The van der Waals surface area contributed by atoms with Crippen molar-refractivity contribution < 1.29 is 19.1 Å². The van der Waals surface area contributed by atoms with Crippen molar-refractivity contribution in [1.29, 1.82) is 10.5 Å². The second kappa shape index (κ2) is 16.3. The molecule has 0 bridgehead atoms. The minimum atomic E-state index is -0.543. The molecule has 10 nitrogen and oxygen atoms in total. The van der Waals surface area contributed by atoms with E-state index in [0.29, 0.717) is 47.6 Å². The number of nitriles is 2. The first-order chi connectivity index (χ1) is 30.1. The first-order valence-electron chi connectivity index (χ1n) is 20.1. The normalized spacial score (nSPS) is 19.4. The molecular weight excluding hydrogens is 819 g/mol. The van der Waals surface area contributed by atoms with Gasteiger partial charge in [-0.25, -0.2) is 9.59 Å². The lowest BCUT2D eigenvalue weighted by Crippen LogP contribution is -2.62. The molecule has 0 unspecified atom stereocenters. The van der Waals surface area contributed by atoms with E-state index in [1.54, 1.807) is 48.5 Å². The number of hydrogen-bond donors (Lipinski definition) is 0. The van der Waals surface area contributed by atoms with Gasteiger partial charge in [-0.1, -0.05) is 82.9 Å². The number of rotatable bonds is 6. The molecule has 62 heavy (non-hydrogen) atoms. The largest absolute Gasteiger partial charge is 0.376 e. The van der Waals surface area contributed by atoms with Crippen LogP contribution in [0.15, 0.2) is 146 Å². The summed E-state index contributed by atoms with van der Waals surface area (Å²) < 4.78 is 11.4. The summed E-state index contributed by atoms with van der Waals surface area (Å²) in [6.07, 6.45) is 0. The average Bonchev–Trinajstić information content (AvgIpc) is 3.71. The number of ether oxygens (including phenoxy) is 2. The molecule has 4 saturated heterocycles. The molecule has 4 heterocycles. The molecule has 0 aliphatic carbocycles. The maximum absolute atomic E-state index is 13.9. The fraction of sp³-hybridized carbons (Fsp3) is 0.200. The average molecular weight is 860 g/mol. The minimum absolute atomic E-state index is 0.123. The smallest absolute Gasteiger partial charge is 0.330 e. The summed E-state index contributed by atoms with van der Waals surface area (Å²) in [5, 5.41) is 19.6. The first-order valence-corrected chi connectivity index (χ1v) is 20.9. The van der Waals surface area contributed by atoms with E-state index in [1.807, 2.05) is 80.3 Å². The Labute approximate surface area is 370 Å². The Hall–Kier alpha value is -6.66. The van der Waals surface area contributed by atoms with Gasteiger partial charge in [0.1, 0.15) is 11.1 Å². The Bertz CT molecular complexity index is 2550. The fourth-order valence-electron chi connectivity index (χ4n) is 9.17. The van der Waals surface area contributed by atoms with E-state index in [0.717, 1.165) is 45.0 Å². The number of amides is 4. The topological polar surface area (TPSA) is 113 Å². The van der Waals surface area contributed by atoms with Gasteiger partial charge >= 0.3 is 12.1 Å². The Morgan fingerprint density at radius 3 is 1.15 bits per heavy atom. The number of benzene rings is 6. The highest BCUT2D eigenvalue weighted by molar-refractivity contribution is 6.31. The van der Waals surface area contributed by atoms with Crippen molar-refractivity contribution in [3.63, 3.8) is 0 Å². The van der Waals surface area contributed by atoms with E-state index in [4.69, 9.17) is 43.2 Å². The highest BCUT2D eigenvalue weighted by Gasteiger charge is 2.64. The van der Waals surface area contributed by atoms with E-state index < -0.39 is 11.1 Å². The van der Waals surface area contributed by atoms with Gasteiger partial charge in [-0.2, -0.15) is 10.5 Å². The number of halogens is 2. The standard InChI is InChI=1S/2C25H20ClN3O2/c2*1-17-3-2-4-19(13-17)23-25(15-31-16-25)29(22-9-5-18(14-27)6-10-22)24(30)28(23)21-11-7-20(26)8-12-21/h2*2-13,23H,15-16H2,1H3/t2*23-/m10/s1. The molecule has 10 rings (SSSR count). The van der Waals surface area contributed by atoms with Crippen molar-refractivity contribution in [2.24, 2.45) is 0 Å². The van der Waals surface area contributed by atoms with E-state index in [-0.39, 0.29) is 24.1 Å². The molecular formula is C50H40Cl2N6O4. The number of urea groups is 2. The van der Waals surface area contributed by atoms with E-state index >= 15 is 0 Å². The second-order valence-electron chi connectivity index (χ2n) is 16.1. The van der Waals surface area contributed by atoms with Gasteiger partial charge in [-0.05, 0) is 122 Å². The maximum atomic E-state index is 13.9. The molecule has 2 spiro atoms. The Balaban J connectivity index is 0.000000158. The number of hydrogen-bond acceptors (Lipinski definition) is 6. The number of nitrogens with zero attached hydrogens (tertiary/aromatic N) is 6. The molecule has 4 amide bonds. The molecule has 4 fully saturated rings. The number of aryl methyl sites for hydroxylation is 2. The van der Waals surface area contributed by atoms with Crippen molar-refractivity contribution >= 4 is 58.0 Å². The van der Waals surface area contributed by atoms with E-state index in [9.17, 15) is 9.59 Å². The van der Waals surface area contributed by atoms with Crippen LogP contribution < -0.4 is 19.6 Å². The molecule has 0 radical (unpaired) electrons. The molecule has 4 aliphatic heterocycles. The lowest BCUT2D eigenvalue weighted by Gasteiger charge is -2.47. The zero-order valence-electron chi connectivity index (χ0n) is 33.9. The summed E-state index contributed by atoms with van der Waals surface area (Å²) in [5.41, 5.74) is 7.47. The van der Waals surface area contributed by atoms with Gasteiger partial charge < -0.3 is 9.47 Å². The number of carbonyl (C=O) groups excluding carboxylic acids is 2. The zero-order chi connectivity index (χ0) is 43.2. The second-order valence-corrected chi connectivity index (χ2v) is 16.9. The van der Waals surface area contributed by atoms with Crippen molar-refractivity contribution in [2.75, 3.05) is 46.0 Å². The predicted octanol–water partition coefficient (Wildman–Crippen LogP) is 11.0. The third-order valence-electron chi connectivity index (χ3n) is 12.1. The van der Waals surface area contributed by atoms with Crippen molar-refractivity contribution in [1.82, 2.24) is 0 Å². The lowest BCUT2D eigenvalue weighted by atomic mass is 9.82. The van der Waals surface area contributed by atoms with E-state index in [1.165, 1.54) is 0 Å². The molecule has 6 aromatic carbocycles. The predicted molar refractivity (Wildman–Crippen MR) is 241 cm³/mol. The van der Waals surface area contributed by atoms with Crippen LogP contribution in [-0.4, -0.2) is 49.6 Å². The molecule has 4 aliphatic rings. The van der Waals surface area contributed by atoms with Crippen molar-refractivity contribution in [3.05, 3.63) is 189 Å².